The Morgan fingerprint density at radius 3 is 2.10 bits per heavy atom. The third-order valence-electron chi connectivity index (χ3n) is 6.15. The molecule has 3 rings (SSSR count). The number of hydrogen-bond acceptors (Lipinski definition) is 7. The highest BCUT2D eigenvalue weighted by molar-refractivity contribution is 7.98. The van der Waals surface area contributed by atoms with Crippen LogP contribution in [0.25, 0.3) is 0 Å². The van der Waals surface area contributed by atoms with Crippen molar-refractivity contribution in [1.82, 2.24) is 19.8 Å². The van der Waals surface area contributed by atoms with Crippen LogP contribution in [0.2, 0.25) is 10.0 Å². The fourth-order valence-corrected chi connectivity index (χ4v) is 4.96. The Morgan fingerprint density at radius 2 is 1.55 bits per heavy atom. The van der Waals surface area contributed by atoms with Gasteiger partial charge in [-0.25, -0.2) is 9.59 Å². The lowest BCUT2D eigenvalue weighted by Gasteiger charge is -2.26. The van der Waals surface area contributed by atoms with E-state index in [9.17, 15) is 19.2 Å². The first-order valence-electron chi connectivity index (χ1n) is 12.7. The summed E-state index contributed by atoms with van der Waals surface area (Å²) in [6.45, 7) is 6.88. The Morgan fingerprint density at radius 1 is 0.975 bits per heavy atom. The molecule has 1 aliphatic rings. The number of hydrogen-bond donors (Lipinski definition) is 3. The van der Waals surface area contributed by atoms with E-state index in [0.717, 1.165) is 17.5 Å². The van der Waals surface area contributed by atoms with Crippen LogP contribution in [-0.2, 0) is 20.9 Å². The van der Waals surface area contributed by atoms with Crippen molar-refractivity contribution in [3.05, 3.63) is 69.7 Å². The van der Waals surface area contributed by atoms with Gasteiger partial charge in [0.2, 0.25) is 5.91 Å². The van der Waals surface area contributed by atoms with Crippen LogP contribution >= 0.6 is 35.1 Å². The SMILES string of the molecule is CC(C)[C@@H](N)C(=O)N[C@@H](C(=O)OCN1C(=O)N(Cc2ccc(Cl)cc2)SC1NC(=O)c1ccc(Cl)cc1)C(C)C. The van der Waals surface area contributed by atoms with E-state index in [1.807, 2.05) is 0 Å². The topological polar surface area (TPSA) is 134 Å². The monoisotopic (exact) mass is 609 g/mol. The van der Waals surface area contributed by atoms with Gasteiger partial charge in [0.05, 0.1) is 12.6 Å². The number of urea groups is 1. The Bertz CT molecular complexity index is 1210. The van der Waals surface area contributed by atoms with Crippen molar-refractivity contribution in [2.45, 2.75) is 51.8 Å². The minimum atomic E-state index is -0.977. The van der Waals surface area contributed by atoms with E-state index in [0.29, 0.717) is 15.6 Å². The van der Waals surface area contributed by atoms with Crippen molar-refractivity contribution >= 4 is 59.0 Å². The zero-order valence-corrected chi connectivity index (χ0v) is 24.9. The third-order valence-corrected chi connectivity index (χ3v) is 7.77. The van der Waals surface area contributed by atoms with Crippen LogP contribution in [-0.4, -0.2) is 57.3 Å². The molecular weight excluding hydrogens is 577 g/mol. The summed E-state index contributed by atoms with van der Waals surface area (Å²) in [5.74, 6) is -2.07. The highest BCUT2D eigenvalue weighted by atomic mass is 35.5. The highest BCUT2D eigenvalue weighted by Gasteiger charge is 2.41. The minimum absolute atomic E-state index is 0.125. The Kier molecular flexibility index (Phi) is 11.1. The molecule has 2 aromatic rings. The van der Waals surface area contributed by atoms with E-state index in [4.69, 9.17) is 33.7 Å². The first kappa shape index (κ1) is 31.5. The molecule has 1 fully saturated rings. The maximum atomic E-state index is 13.4. The molecule has 0 bridgehead atoms. The lowest BCUT2D eigenvalue weighted by atomic mass is 10.0. The van der Waals surface area contributed by atoms with Gasteiger partial charge in [-0.15, -0.1) is 0 Å². The van der Waals surface area contributed by atoms with E-state index < -0.39 is 48.1 Å². The number of nitrogens with zero attached hydrogens (tertiary/aromatic N) is 2. The Labute approximate surface area is 248 Å². The van der Waals surface area contributed by atoms with E-state index >= 15 is 0 Å². The summed E-state index contributed by atoms with van der Waals surface area (Å²) in [5.41, 5.74) is 6.21. The van der Waals surface area contributed by atoms with E-state index in [1.165, 1.54) is 9.21 Å². The molecule has 0 aliphatic carbocycles. The van der Waals surface area contributed by atoms with Gasteiger partial charge >= 0.3 is 12.0 Å². The predicted octanol–water partition coefficient (Wildman–Crippen LogP) is 4.22. The van der Waals surface area contributed by atoms with Crippen LogP contribution in [0.5, 0.6) is 0 Å². The van der Waals surface area contributed by atoms with Crippen molar-refractivity contribution < 1.29 is 23.9 Å². The fraction of sp³-hybridized carbons (Fsp3) is 0.407. The van der Waals surface area contributed by atoms with E-state index in [1.54, 1.807) is 76.2 Å². The molecule has 1 saturated heterocycles. The normalized spacial score (nSPS) is 16.7. The molecule has 13 heteroatoms. The Balaban J connectivity index is 1.75. The van der Waals surface area contributed by atoms with Crippen LogP contribution in [0.4, 0.5) is 4.79 Å². The lowest BCUT2D eigenvalue weighted by molar-refractivity contribution is -0.153. The average Bonchev–Trinajstić information content (AvgIpc) is 3.19. The number of benzene rings is 2. The zero-order valence-electron chi connectivity index (χ0n) is 22.6. The molecule has 216 valence electrons. The van der Waals surface area contributed by atoms with Gasteiger partial charge in [0, 0.05) is 27.6 Å². The number of amides is 4. The van der Waals surface area contributed by atoms with Crippen LogP contribution in [0.3, 0.4) is 0 Å². The zero-order chi connectivity index (χ0) is 29.6. The molecule has 10 nitrogen and oxygen atoms in total. The van der Waals surface area contributed by atoms with Crippen LogP contribution in [0.15, 0.2) is 48.5 Å². The number of rotatable bonds is 11. The van der Waals surface area contributed by atoms with Gasteiger partial charge in [-0.05, 0) is 53.8 Å². The maximum absolute atomic E-state index is 13.4. The number of carbonyl (C=O) groups excluding carboxylic acids is 4. The number of esters is 1. The molecule has 0 aromatic heterocycles. The van der Waals surface area contributed by atoms with Gasteiger partial charge in [-0.3, -0.25) is 18.8 Å². The van der Waals surface area contributed by atoms with Crippen molar-refractivity contribution in [2.24, 2.45) is 17.6 Å². The molecule has 1 aliphatic heterocycles. The van der Waals surface area contributed by atoms with Gasteiger partial charge in [0.25, 0.3) is 5.91 Å². The van der Waals surface area contributed by atoms with Crippen molar-refractivity contribution in [1.29, 1.82) is 0 Å². The summed E-state index contributed by atoms with van der Waals surface area (Å²) in [6.07, 6.45) is 0. The predicted molar refractivity (Wildman–Crippen MR) is 155 cm³/mol. The Hall–Kier alpha value is -2.99. The number of halogens is 2. The van der Waals surface area contributed by atoms with E-state index in [2.05, 4.69) is 10.6 Å². The van der Waals surface area contributed by atoms with Crippen molar-refractivity contribution in [3.8, 4) is 0 Å². The molecule has 2 aromatic carbocycles. The van der Waals surface area contributed by atoms with Gasteiger partial charge in [-0.2, -0.15) is 0 Å². The smallest absolute Gasteiger partial charge is 0.335 e. The minimum Gasteiger partial charge on any atom is -0.442 e. The molecular formula is C27H33Cl2N5O5S. The molecule has 0 spiro atoms. The van der Waals surface area contributed by atoms with Crippen LogP contribution in [0.1, 0.15) is 43.6 Å². The summed E-state index contributed by atoms with van der Waals surface area (Å²) in [5, 5.41) is 6.49. The molecule has 0 radical (unpaired) electrons. The summed E-state index contributed by atoms with van der Waals surface area (Å²) >= 11 is 13.0. The van der Waals surface area contributed by atoms with Crippen LogP contribution in [0, 0.1) is 11.8 Å². The number of carbonyl (C=O) groups is 4. The summed E-state index contributed by atoms with van der Waals surface area (Å²) in [4.78, 5) is 53.0. The number of nitrogens with one attached hydrogen (secondary N) is 2. The summed E-state index contributed by atoms with van der Waals surface area (Å²) in [6, 6.07) is 11.1. The van der Waals surface area contributed by atoms with Gasteiger partial charge < -0.3 is 21.1 Å². The molecule has 3 atom stereocenters. The quantitative estimate of drug-likeness (QED) is 0.256. The van der Waals surface area contributed by atoms with Gasteiger partial charge in [0.1, 0.15) is 6.04 Å². The fourth-order valence-electron chi connectivity index (χ4n) is 3.62. The molecule has 1 heterocycles. The maximum Gasteiger partial charge on any atom is 0.335 e. The molecule has 40 heavy (non-hydrogen) atoms. The molecule has 4 N–H and O–H groups in total. The molecule has 4 amide bonds. The van der Waals surface area contributed by atoms with Crippen LogP contribution < -0.4 is 16.4 Å². The first-order chi connectivity index (χ1) is 18.9. The van der Waals surface area contributed by atoms with Gasteiger partial charge in [0.15, 0.2) is 12.2 Å². The van der Waals surface area contributed by atoms with Crippen molar-refractivity contribution in [3.63, 3.8) is 0 Å². The third kappa shape index (κ3) is 8.26. The summed E-state index contributed by atoms with van der Waals surface area (Å²) in [7, 11) is 0. The average molecular weight is 611 g/mol. The molecule has 0 saturated carbocycles. The first-order valence-corrected chi connectivity index (χ1v) is 14.2. The second-order valence-corrected chi connectivity index (χ2v) is 11.9. The number of nitrogens with two attached hydrogens (primary N) is 1. The summed E-state index contributed by atoms with van der Waals surface area (Å²) < 4.78 is 6.94. The van der Waals surface area contributed by atoms with E-state index in [-0.39, 0.29) is 18.4 Å². The largest absolute Gasteiger partial charge is 0.442 e. The second kappa shape index (κ2) is 14.1. The number of ether oxygens (including phenoxy) is 1. The molecule has 1 unspecified atom stereocenters. The second-order valence-electron chi connectivity index (χ2n) is 9.95. The van der Waals surface area contributed by atoms with Gasteiger partial charge in [-0.1, -0.05) is 63.0 Å². The van der Waals surface area contributed by atoms with Crippen molar-refractivity contribution in [2.75, 3.05) is 6.73 Å². The standard InChI is InChI=1S/C27H33Cl2N5O5S/c1-15(2)21(30)24(36)31-22(16(3)4)25(37)39-14-33-26(32-23(35)18-7-11-20(29)12-8-18)40-34(27(33)38)13-17-5-9-19(28)10-6-17/h5-12,15-16,21-22,26H,13-14,30H2,1-4H3,(H,31,36)(H,32,35)/t21-,22-,26?/m1/s1. The lowest BCUT2D eigenvalue weighted by Crippen LogP contribution is -2.53. The highest BCUT2D eigenvalue weighted by Crippen LogP contribution is 2.32.